The van der Waals surface area contributed by atoms with Gasteiger partial charge in [-0.2, -0.15) is 0 Å². The van der Waals surface area contributed by atoms with Gasteiger partial charge >= 0.3 is 5.97 Å². The lowest BCUT2D eigenvalue weighted by molar-refractivity contribution is -0.157. The van der Waals surface area contributed by atoms with E-state index in [1.807, 2.05) is 18.2 Å². The molecule has 1 N–H and O–H groups in total. The molecule has 1 aromatic rings. The van der Waals surface area contributed by atoms with Crippen LogP contribution in [0, 0.1) is 0 Å². The molecule has 0 aliphatic heterocycles. The summed E-state index contributed by atoms with van der Waals surface area (Å²) < 4.78 is 5.13. The molecule has 1 unspecified atom stereocenters. The fraction of sp³-hybridized carbons (Fsp3) is 0.462. The zero-order chi connectivity index (χ0) is 12.2. The van der Waals surface area contributed by atoms with Gasteiger partial charge in [0.15, 0.2) is 0 Å². The molecule has 0 aliphatic carbocycles. The van der Waals surface area contributed by atoms with Gasteiger partial charge in [-0.05, 0) is 26.3 Å². The summed E-state index contributed by atoms with van der Waals surface area (Å²) in [5.74, 6) is -0.385. The standard InChI is InChI=1S/C13H18O3/c1-13(2,3)16-12(15)9-11(14)10-7-5-4-6-8-10/h4-8,11,14H,9H2,1-3H3. The van der Waals surface area contributed by atoms with Crippen molar-refractivity contribution in [1.29, 1.82) is 0 Å². The summed E-state index contributed by atoms with van der Waals surface area (Å²) >= 11 is 0. The molecule has 0 bridgehead atoms. The molecule has 1 rings (SSSR count). The van der Waals surface area contributed by atoms with Crippen LogP contribution in [0.25, 0.3) is 0 Å². The third-order valence-electron chi connectivity index (χ3n) is 1.96. The van der Waals surface area contributed by atoms with Gasteiger partial charge in [-0.3, -0.25) is 4.79 Å². The number of aliphatic hydroxyl groups excluding tert-OH is 1. The van der Waals surface area contributed by atoms with Gasteiger partial charge in [0.1, 0.15) is 5.60 Å². The molecule has 1 atom stereocenters. The van der Waals surface area contributed by atoms with Crippen LogP contribution in [0.15, 0.2) is 30.3 Å². The van der Waals surface area contributed by atoms with E-state index in [0.29, 0.717) is 0 Å². The minimum Gasteiger partial charge on any atom is -0.460 e. The smallest absolute Gasteiger partial charge is 0.309 e. The number of esters is 1. The Bertz CT molecular complexity index is 338. The van der Waals surface area contributed by atoms with Crippen molar-refractivity contribution < 1.29 is 14.6 Å². The molecule has 0 saturated heterocycles. The molecule has 0 spiro atoms. The molecule has 0 fully saturated rings. The molecular formula is C13H18O3. The number of carbonyl (C=O) groups excluding carboxylic acids is 1. The molecule has 0 aliphatic rings. The van der Waals surface area contributed by atoms with E-state index < -0.39 is 11.7 Å². The minimum atomic E-state index is -0.795. The van der Waals surface area contributed by atoms with E-state index in [-0.39, 0.29) is 12.4 Å². The summed E-state index contributed by atoms with van der Waals surface area (Å²) in [6.07, 6.45) is -0.808. The van der Waals surface area contributed by atoms with E-state index >= 15 is 0 Å². The fourth-order valence-electron chi connectivity index (χ4n) is 1.33. The maximum absolute atomic E-state index is 11.5. The van der Waals surface area contributed by atoms with Crippen molar-refractivity contribution in [3.8, 4) is 0 Å². The molecule has 16 heavy (non-hydrogen) atoms. The molecule has 0 aromatic heterocycles. The van der Waals surface area contributed by atoms with Crippen LogP contribution in [-0.4, -0.2) is 16.7 Å². The van der Waals surface area contributed by atoms with Crippen LogP contribution in [0.5, 0.6) is 0 Å². The van der Waals surface area contributed by atoms with Gasteiger partial charge in [0, 0.05) is 0 Å². The Morgan fingerprint density at radius 2 is 1.88 bits per heavy atom. The average molecular weight is 222 g/mol. The van der Waals surface area contributed by atoms with Crippen LogP contribution in [0.2, 0.25) is 0 Å². The van der Waals surface area contributed by atoms with Gasteiger partial charge in [0.2, 0.25) is 0 Å². The molecular weight excluding hydrogens is 204 g/mol. The predicted octanol–water partition coefficient (Wildman–Crippen LogP) is 2.45. The van der Waals surface area contributed by atoms with E-state index in [0.717, 1.165) is 5.56 Å². The maximum atomic E-state index is 11.5. The van der Waals surface area contributed by atoms with Crippen LogP contribution >= 0.6 is 0 Å². The molecule has 88 valence electrons. The Kier molecular flexibility index (Phi) is 4.07. The van der Waals surface area contributed by atoms with Crippen LogP contribution in [0.1, 0.15) is 38.9 Å². The van der Waals surface area contributed by atoms with Gasteiger partial charge in [-0.1, -0.05) is 30.3 Å². The highest BCUT2D eigenvalue weighted by Gasteiger charge is 2.19. The van der Waals surface area contributed by atoms with Crippen molar-refractivity contribution in [2.24, 2.45) is 0 Å². The molecule has 0 heterocycles. The largest absolute Gasteiger partial charge is 0.460 e. The summed E-state index contributed by atoms with van der Waals surface area (Å²) in [6.45, 7) is 5.42. The van der Waals surface area contributed by atoms with Crippen molar-refractivity contribution in [2.75, 3.05) is 0 Å². The lowest BCUT2D eigenvalue weighted by atomic mass is 10.1. The third kappa shape index (κ3) is 4.45. The van der Waals surface area contributed by atoms with E-state index in [4.69, 9.17) is 4.74 Å². The Morgan fingerprint density at radius 1 is 1.31 bits per heavy atom. The molecule has 1 aromatic carbocycles. The first-order chi connectivity index (χ1) is 7.38. The van der Waals surface area contributed by atoms with Crippen molar-refractivity contribution >= 4 is 5.97 Å². The zero-order valence-corrected chi connectivity index (χ0v) is 9.93. The number of rotatable bonds is 3. The molecule has 0 radical (unpaired) electrons. The van der Waals surface area contributed by atoms with Gasteiger partial charge in [-0.25, -0.2) is 0 Å². The fourth-order valence-corrected chi connectivity index (χ4v) is 1.33. The number of benzene rings is 1. The van der Waals surface area contributed by atoms with Crippen molar-refractivity contribution in [3.05, 3.63) is 35.9 Å². The molecule has 0 saturated carbocycles. The van der Waals surface area contributed by atoms with E-state index in [1.54, 1.807) is 32.9 Å². The average Bonchev–Trinajstić information content (AvgIpc) is 2.16. The van der Waals surface area contributed by atoms with Crippen LogP contribution in [0.3, 0.4) is 0 Å². The Morgan fingerprint density at radius 3 is 2.38 bits per heavy atom. The number of hydrogen-bond donors (Lipinski definition) is 1. The number of carbonyl (C=O) groups is 1. The molecule has 0 amide bonds. The second-order valence-corrected chi connectivity index (χ2v) is 4.72. The predicted molar refractivity (Wildman–Crippen MR) is 61.9 cm³/mol. The maximum Gasteiger partial charge on any atom is 0.309 e. The third-order valence-corrected chi connectivity index (χ3v) is 1.96. The van der Waals surface area contributed by atoms with E-state index in [9.17, 15) is 9.90 Å². The zero-order valence-electron chi connectivity index (χ0n) is 9.93. The van der Waals surface area contributed by atoms with Crippen molar-refractivity contribution in [1.82, 2.24) is 0 Å². The summed E-state index contributed by atoms with van der Waals surface area (Å²) in [5, 5.41) is 9.79. The van der Waals surface area contributed by atoms with Gasteiger partial charge in [-0.15, -0.1) is 0 Å². The normalized spacial score (nSPS) is 13.2. The van der Waals surface area contributed by atoms with Crippen LogP contribution in [-0.2, 0) is 9.53 Å². The summed E-state index contributed by atoms with van der Waals surface area (Å²) in [6, 6.07) is 9.09. The van der Waals surface area contributed by atoms with Crippen LogP contribution in [0.4, 0.5) is 0 Å². The monoisotopic (exact) mass is 222 g/mol. The highest BCUT2D eigenvalue weighted by Crippen LogP contribution is 2.18. The first-order valence-corrected chi connectivity index (χ1v) is 5.33. The highest BCUT2D eigenvalue weighted by molar-refractivity contribution is 5.70. The van der Waals surface area contributed by atoms with Crippen molar-refractivity contribution in [2.45, 2.75) is 38.9 Å². The van der Waals surface area contributed by atoms with E-state index in [1.165, 1.54) is 0 Å². The second-order valence-electron chi connectivity index (χ2n) is 4.72. The Balaban J connectivity index is 2.52. The Labute approximate surface area is 96.1 Å². The lowest BCUT2D eigenvalue weighted by Gasteiger charge is -2.20. The summed E-state index contributed by atoms with van der Waals surface area (Å²) in [5.41, 5.74) is 0.224. The summed E-state index contributed by atoms with van der Waals surface area (Å²) in [4.78, 5) is 11.5. The first kappa shape index (κ1) is 12.7. The molecule has 3 nitrogen and oxygen atoms in total. The van der Waals surface area contributed by atoms with Gasteiger partial charge in [0.05, 0.1) is 12.5 Å². The number of ether oxygens (including phenoxy) is 1. The summed E-state index contributed by atoms with van der Waals surface area (Å²) in [7, 11) is 0. The first-order valence-electron chi connectivity index (χ1n) is 5.33. The van der Waals surface area contributed by atoms with Gasteiger partial charge < -0.3 is 9.84 Å². The quantitative estimate of drug-likeness (QED) is 0.799. The van der Waals surface area contributed by atoms with Crippen LogP contribution < -0.4 is 0 Å². The minimum absolute atomic E-state index is 0.0126. The SMILES string of the molecule is CC(C)(C)OC(=O)CC(O)c1ccccc1. The van der Waals surface area contributed by atoms with E-state index in [2.05, 4.69) is 0 Å². The number of aliphatic hydroxyl groups is 1. The second kappa shape index (κ2) is 5.12. The Hall–Kier alpha value is -1.35. The van der Waals surface area contributed by atoms with Crippen molar-refractivity contribution in [3.63, 3.8) is 0 Å². The number of hydrogen-bond acceptors (Lipinski definition) is 3. The molecule has 3 heteroatoms. The highest BCUT2D eigenvalue weighted by atomic mass is 16.6. The topological polar surface area (TPSA) is 46.5 Å². The van der Waals surface area contributed by atoms with Gasteiger partial charge in [0.25, 0.3) is 0 Å². The lowest BCUT2D eigenvalue weighted by Crippen LogP contribution is -2.24.